The number of ether oxygens (including phenoxy) is 1. The Morgan fingerprint density at radius 3 is 2.96 bits per heavy atom. The number of carbonyl (C=O) groups excluding carboxylic acids is 2. The molecule has 1 fully saturated rings. The zero-order chi connectivity index (χ0) is 17.8. The molecule has 0 spiro atoms. The smallest absolute Gasteiger partial charge is 0.254 e. The van der Waals surface area contributed by atoms with Crippen molar-refractivity contribution in [1.82, 2.24) is 10.3 Å². The van der Waals surface area contributed by atoms with Crippen molar-refractivity contribution in [3.63, 3.8) is 0 Å². The normalized spacial score (nSPS) is 15.0. The Balaban J connectivity index is 1.54. The van der Waals surface area contributed by atoms with Gasteiger partial charge in [-0.2, -0.15) is 0 Å². The predicted octanol–water partition coefficient (Wildman–Crippen LogP) is 2.79. The largest absolute Gasteiger partial charge is 0.458 e. The van der Waals surface area contributed by atoms with Crippen LogP contribution < -0.4 is 10.6 Å². The molecular weight excluding hydrogens is 342 g/mol. The van der Waals surface area contributed by atoms with Crippen molar-refractivity contribution >= 4 is 28.3 Å². The number of amides is 2. The van der Waals surface area contributed by atoms with Crippen molar-refractivity contribution < 1.29 is 18.7 Å². The van der Waals surface area contributed by atoms with E-state index >= 15 is 0 Å². The maximum Gasteiger partial charge on any atom is 0.254 e. The van der Waals surface area contributed by atoms with Crippen LogP contribution in [0.1, 0.15) is 32.4 Å². The molecule has 0 radical (unpaired) electrons. The number of aromatic nitrogens is 1. The van der Waals surface area contributed by atoms with Gasteiger partial charge >= 0.3 is 0 Å². The first-order valence-electron chi connectivity index (χ1n) is 8.23. The van der Waals surface area contributed by atoms with Crippen molar-refractivity contribution in [3.8, 4) is 11.5 Å². The second-order valence-corrected chi connectivity index (χ2v) is 6.98. The van der Waals surface area contributed by atoms with E-state index in [0.29, 0.717) is 41.4 Å². The van der Waals surface area contributed by atoms with Crippen LogP contribution in [0.3, 0.4) is 0 Å². The van der Waals surface area contributed by atoms with Crippen molar-refractivity contribution in [3.05, 3.63) is 23.3 Å². The molecule has 8 heteroatoms. The highest BCUT2D eigenvalue weighted by Gasteiger charge is 2.24. The van der Waals surface area contributed by atoms with Gasteiger partial charge in [-0.3, -0.25) is 14.9 Å². The van der Waals surface area contributed by atoms with Crippen LogP contribution in [0.25, 0.3) is 11.5 Å². The Morgan fingerprint density at radius 1 is 1.44 bits per heavy atom. The molecule has 1 atom stereocenters. The lowest BCUT2D eigenvalue weighted by molar-refractivity contribution is -0.126. The number of rotatable bonds is 8. The highest BCUT2D eigenvalue weighted by molar-refractivity contribution is 7.14. The number of nitrogens with zero attached hydrogens (tertiary/aromatic N) is 1. The maximum atomic E-state index is 12.1. The van der Waals surface area contributed by atoms with Gasteiger partial charge in [-0.25, -0.2) is 4.98 Å². The molecule has 1 aliphatic carbocycles. The first-order valence-corrected chi connectivity index (χ1v) is 9.10. The fourth-order valence-corrected chi connectivity index (χ4v) is 2.82. The molecule has 0 saturated heterocycles. The highest BCUT2D eigenvalue weighted by Crippen LogP contribution is 2.29. The van der Waals surface area contributed by atoms with Gasteiger partial charge in [0.2, 0.25) is 5.91 Å². The summed E-state index contributed by atoms with van der Waals surface area (Å²) < 4.78 is 11.2. The predicted molar refractivity (Wildman–Crippen MR) is 94.1 cm³/mol. The Morgan fingerprint density at radius 2 is 2.24 bits per heavy atom. The minimum atomic E-state index is -0.499. The summed E-state index contributed by atoms with van der Waals surface area (Å²) in [6, 6.07) is 3.58. The minimum Gasteiger partial charge on any atom is -0.458 e. The Hall–Kier alpha value is -2.19. The van der Waals surface area contributed by atoms with E-state index < -0.39 is 6.10 Å². The molecule has 1 aliphatic rings. The molecule has 2 aromatic heterocycles. The van der Waals surface area contributed by atoms with E-state index in [1.807, 2.05) is 5.38 Å². The van der Waals surface area contributed by atoms with Crippen molar-refractivity contribution in [1.29, 1.82) is 0 Å². The Labute approximate surface area is 149 Å². The monoisotopic (exact) mass is 363 g/mol. The van der Waals surface area contributed by atoms with Crippen LogP contribution in [0.2, 0.25) is 0 Å². The number of anilines is 1. The molecule has 134 valence electrons. The van der Waals surface area contributed by atoms with Gasteiger partial charge in [0.1, 0.15) is 17.6 Å². The van der Waals surface area contributed by atoms with Crippen LogP contribution in [-0.4, -0.2) is 29.5 Å². The Bertz CT molecular complexity index is 751. The van der Waals surface area contributed by atoms with Gasteiger partial charge in [0.15, 0.2) is 10.9 Å². The second-order valence-electron chi connectivity index (χ2n) is 6.12. The molecule has 1 saturated carbocycles. The van der Waals surface area contributed by atoms with Crippen LogP contribution in [0.15, 0.2) is 21.9 Å². The first kappa shape index (κ1) is 17.6. The molecule has 25 heavy (non-hydrogen) atoms. The zero-order valence-electron chi connectivity index (χ0n) is 14.2. The number of hydrogen-bond donors (Lipinski definition) is 2. The molecule has 0 aromatic carbocycles. The molecule has 7 nitrogen and oxygen atoms in total. The number of hydrogen-bond acceptors (Lipinski definition) is 6. The molecule has 1 unspecified atom stereocenters. The van der Waals surface area contributed by atoms with Gasteiger partial charge in [0.05, 0.1) is 13.2 Å². The second kappa shape index (κ2) is 7.79. The van der Waals surface area contributed by atoms with Gasteiger partial charge in [-0.1, -0.05) is 0 Å². The van der Waals surface area contributed by atoms with Gasteiger partial charge in [-0.05, 0) is 37.8 Å². The first-order chi connectivity index (χ1) is 12.0. The summed E-state index contributed by atoms with van der Waals surface area (Å²) in [5.41, 5.74) is 0.640. The van der Waals surface area contributed by atoms with Crippen molar-refractivity contribution in [2.24, 2.45) is 5.92 Å². The van der Waals surface area contributed by atoms with E-state index in [2.05, 4.69) is 15.6 Å². The third kappa shape index (κ3) is 5.14. The van der Waals surface area contributed by atoms with E-state index in [-0.39, 0.29) is 11.8 Å². The lowest BCUT2D eigenvalue weighted by Gasteiger charge is -2.11. The highest BCUT2D eigenvalue weighted by atomic mass is 32.1. The van der Waals surface area contributed by atoms with Gasteiger partial charge in [0, 0.05) is 12.3 Å². The van der Waals surface area contributed by atoms with E-state index in [9.17, 15) is 9.59 Å². The third-order valence-corrected chi connectivity index (χ3v) is 4.57. The summed E-state index contributed by atoms with van der Waals surface area (Å²) >= 11 is 1.33. The van der Waals surface area contributed by atoms with Gasteiger partial charge < -0.3 is 14.5 Å². The van der Waals surface area contributed by atoms with Crippen molar-refractivity contribution in [2.45, 2.75) is 39.3 Å². The van der Waals surface area contributed by atoms with E-state index in [0.717, 1.165) is 0 Å². The average Bonchev–Trinajstić information content (AvgIpc) is 3.09. The molecule has 2 aromatic rings. The zero-order valence-corrected chi connectivity index (χ0v) is 15.0. The topological polar surface area (TPSA) is 93.5 Å². The van der Waals surface area contributed by atoms with Crippen LogP contribution >= 0.6 is 11.3 Å². The fraction of sp³-hybridized carbons (Fsp3) is 0.471. The van der Waals surface area contributed by atoms with E-state index in [1.54, 1.807) is 19.1 Å². The SMILES string of the molecule is CC(=O)NCc1ccc(-c2csc(NC(=O)C(C)OCC3CC3)n2)o1. The summed E-state index contributed by atoms with van der Waals surface area (Å²) in [5.74, 6) is 1.54. The summed E-state index contributed by atoms with van der Waals surface area (Å²) in [6.07, 6.45) is 1.88. The fourth-order valence-electron chi connectivity index (χ4n) is 2.11. The summed E-state index contributed by atoms with van der Waals surface area (Å²) in [7, 11) is 0. The van der Waals surface area contributed by atoms with Crippen LogP contribution in [0.4, 0.5) is 5.13 Å². The van der Waals surface area contributed by atoms with Crippen molar-refractivity contribution in [2.75, 3.05) is 11.9 Å². The molecule has 0 bridgehead atoms. The number of nitrogens with one attached hydrogen (secondary N) is 2. The van der Waals surface area contributed by atoms with Crippen LogP contribution in [0, 0.1) is 5.92 Å². The van der Waals surface area contributed by atoms with Gasteiger partial charge in [-0.15, -0.1) is 11.3 Å². The lowest BCUT2D eigenvalue weighted by atomic mass is 10.3. The minimum absolute atomic E-state index is 0.116. The van der Waals surface area contributed by atoms with Crippen LogP contribution in [0.5, 0.6) is 0 Å². The summed E-state index contributed by atoms with van der Waals surface area (Å²) in [4.78, 5) is 27.4. The Kier molecular flexibility index (Phi) is 5.50. The van der Waals surface area contributed by atoms with Gasteiger partial charge in [0.25, 0.3) is 5.91 Å². The standard InChI is InChI=1S/C17H21N3O4S/c1-10(23-8-12-3-4-12)16(22)20-17-19-14(9-25-17)15-6-5-13(24-15)7-18-11(2)21/h5-6,9-10,12H,3-4,7-8H2,1-2H3,(H,18,21)(H,19,20,22). The molecule has 3 rings (SSSR count). The lowest BCUT2D eigenvalue weighted by Crippen LogP contribution is -2.28. The molecule has 0 aliphatic heterocycles. The third-order valence-electron chi connectivity index (χ3n) is 3.81. The average molecular weight is 363 g/mol. The molecular formula is C17H21N3O4S. The number of furan rings is 1. The maximum absolute atomic E-state index is 12.1. The van der Waals surface area contributed by atoms with Crippen LogP contribution in [-0.2, 0) is 20.9 Å². The molecule has 2 N–H and O–H groups in total. The number of carbonyl (C=O) groups is 2. The number of thiazole rings is 1. The summed E-state index contributed by atoms with van der Waals surface area (Å²) in [6.45, 7) is 4.17. The molecule has 2 amide bonds. The quantitative estimate of drug-likeness (QED) is 0.752. The van der Waals surface area contributed by atoms with E-state index in [4.69, 9.17) is 9.15 Å². The van der Waals surface area contributed by atoms with E-state index in [1.165, 1.54) is 31.1 Å². The summed E-state index contributed by atoms with van der Waals surface area (Å²) in [5, 5.41) is 7.75. The molecule has 2 heterocycles.